The van der Waals surface area contributed by atoms with Crippen molar-refractivity contribution in [1.29, 1.82) is 0 Å². The summed E-state index contributed by atoms with van der Waals surface area (Å²) in [5.41, 5.74) is -0.958. The number of carbonyl (C=O) groups is 3. The molecule has 0 aromatic heterocycles. The Labute approximate surface area is 244 Å². The maximum Gasteiger partial charge on any atom is 0.253 e. The number of anilines is 2. The van der Waals surface area contributed by atoms with Gasteiger partial charge in [0.25, 0.3) is 5.91 Å². The Balaban J connectivity index is 1.47. The molecular formula is C32H34ClN3O5. The summed E-state index contributed by atoms with van der Waals surface area (Å²) < 4.78 is 7.01. The van der Waals surface area contributed by atoms with Gasteiger partial charge in [-0.1, -0.05) is 61.0 Å². The molecule has 6 rings (SSSR count). The lowest BCUT2D eigenvalue weighted by molar-refractivity contribution is -0.145. The van der Waals surface area contributed by atoms with Crippen LogP contribution in [0.2, 0.25) is 5.02 Å². The number of carbonyl (C=O) groups excluding carboxylic acids is 3. The molecule has 9 heteroatoms. The highest BCUT2D eigenvalue weighted by Crippen LogP contribution is 2.58. The fourth-order valence-electron chi connectivity index (χ4n) is 7.09. The number of amides is 3. The van der Waals surface area contributed by atoms with Crippen molar-refractivity contribution >= 4 is 40.7 Å². The number of unbranched alkanes of at least 4 members (excludes halogenated alkanes) is 1. The van der Waals surface area contributed by atoms with E-state index in [1.165, 1.54) is 0 Å². The van der Waals surface area contributed by atoms with E-state index in [0.717, 1.165) is 5.69 Å². The van der Waals surface area contributed by atoms with Crippen molar-refractivity contribution in [2.24, 2.45) is 11.8 Å². The smallest absolute Gasteiger partial charge is 0.253 e. The SMILES string of the molecule is CC[C@@]12C=CCN(c3ccccc3)C(=O)[C@@H]1[C@H]1C(=O)N(CCCCO)C3C(=O)N(c4ccc(Cl)cc4)CC=C[C@@]31O2. The van der Waals surface area contributed by atoms with Gasteiger partial charge < -0.3 is 24.5 Å². The van der Waals surface area contributed by atoms with Gasteiger partial charge in [0.2, 0.25) is 11.8 Å². The second-order valence-electron chi connectivity index (χ2n) is 11.1. The number of para-hydroxylation sites is 1. The van der Waals surface area contributed by atoms with E-state index in [0.29, 0.717) is 36.5 Å². The zero-order chi connectivity index (χ0) is 28.8. The third-order valence-corrected chi connectivity index (χ3v) is 9.20. The second kappa shape index (κ2) is 10.7. The number of rotatable bonds is 7. The van der Waals surface area contributed by atoms with Gasteiger partial charge in [-0.05, 0) is 55.7 Å². The fraction of sp³-hybridized carbons (Fsp3) is 0.406. The summed E-state index contributed by atoms with van der Waals surface area (Å²) in [7, 11) is 0. The topological polar surface area (TPSA) is 90.4 Å². The molecule has 4 aliphatic rings. The summed E-state index contributed by atoms with van der Waals surface area (Å²) in [5, 5.41) is 10.0. The van der Waals surface area contributed by atoms with E-state index in [4.69, 9.17) is 16.3 Å². The Morgan fingerprint density at radius 2 is 1.51 bits per heavy atom. The van der Waals surface area contributed by atoms with Gasteiger partial charge in [0.15, 0.2) is 0 Å². The quantitative estimate of drug-likeness (QED) is 0.398. The molecule has 1 unspecified atom stereocenters. The van der Waals surface area contributed by atoms with E-state index in [1.54, 1.807) is 39.0 Å². The zero-order valence-electron chi connectivity index (χ0n) is 23.0. The van der Waals surface area contributed by atoms with Gasteiger partial charge in [-0.25, -0.2) is 0 Å². The third-order valence-electron chi connectivity index (χ3n) is 8.95. The van der Waals surface area contributed by atoms with E-state index in [-0.39, 0.29) is 37.4 Å². The molecule has 0 bridgehead atoms. The van der Waals surface area contributed by atoms with Crippen LogP contribution in [0.25, 0.3) is 0 Å². The number of ether oxygens (including phenoxy) is 1. The Hall–Kier alpha value is -3.46. The minimum absolute atomic E-state index is 0.0145. The average Bonchev–Trinajstić information content (AvgIpc) is 3.26. The standard InChI is InChI=1S/C32H34ClN3O5/c1-2-31-16-8-19-34(23-10-4-3-5-11-23)28(38)25(31)26-29(39)36(18-6-7-21-37)27-30(40)35(20-9-17-32(26,27)41-31)24-14-12-22(33)13-15-24/h3-5,8-17,25-27,37H,2,6-7,18-21H2,1H3/t25-,26-,27?,31+,32-/m0/s1. The van der Waals surface area contributed by atoms with Gasteiger partial charge in [-0.3, -0.25) is 14.4 Å². The molecule has 214 valence electrons. The predicted molar refractivity (Wildman–Crippen MR) is 157 cm³/mol. The van der Waals surface area contributed by atoms with Crippen LogP contribution < -0.4 is 9.80 Å². The molecular weight excluding hydrogens is 542 g/mol. The van der Waals surface area contributed by atoms with Crippen LogP contribution in [-0.2, 0) is 19.1 Å². The molecule has 0 radical (unpaired) electrons. The average molecular weight is 576 g/mol. The first-order valence-corrected chi connectivity index (χ1v) is 14.6. The molecule has 4 heterocycles. The number of likely N-dealkylation sites (tertiary alicyclic amines) is 1. The fourth-order valence-corrected chi connectivity index (χ4v) is 7.21. The molecule has 2 fully saturated rings. The van der Waals surface area contributed by atoms with Crippen molar-refractivity contribution in [3.8, 4) is 0 Å². The number of benzene rings is 2. The molecule has 3 amide bonds. The molecule has 2 aromatic carbocycles. The molecule has 41 heavy (non-hydrogen) atoms. The number of fused-ring (bicyclic) bond motifs is 2. The maximum atomic E-state index is 14.5. The number of halogens is 1. The summed E-state index contributed by atoms with van der Waals surface area (Å²) in [6.07, 6.45) is 9.09. The number of hydrogen-bond donors (Lipinski definition) is 1. The highest BCUT2D eigenvalue weighted by Gasteiger charge is 2.75. The Bertz CT molecular complexity index is 1400. The molecule has 0 saturated carbocycles. The van der Waals surface area contributed by atoms with Crippen molar-refractivity contribution in [3.63, 3.8) is 0 Å². The number of hydrogen-bond acceptors (Lipinski definition) is 5. The van der Waals surface area contributed by atoms with Crippen molar-refractivity contribution in [1.82, 2.24) is 4.90 Å². The molecule has 5 atom stereocenters. The molecule has 2 aromatic rings. The van der Waals surface area contributed by atoms with Gasteiger partial charge in [-0.2, -0.15) is 0 Å². The van der Waals surface area contributed by atoms with Crippen LogP contribution in [0.4, 0.5) is 11.4 Å². The summed E-state index contributed by atoms with van der Waals surface area (Å²) in [5.74, 6) is -2.41. The maximum absolute atomic E-state index is 14.5. The van der Waals surface area contributed by atoms with E-state index < -0.39 is 29.1 Å². The third kappa shape index (κ3) is 4.31. The number of nitrogens with zero attached hydrogens (tertiary/aromatic N) is 3. The van der Waals surface area contributed by atoms with Gasteiger partial charge in [0.1, 0.15) is 11.6 Å². The van der Waals surface area contributed by atoms with Crippen molar-refractivity contribution < 1.29 is 24.2 Å². The Morgan fingerprint density at radius 3 is 2.20 bits per heavy atom. The van der Waals surface area contributed by atoms with Crippen LogP contribution >= 0.6 is 11.6 Å². The van der Waals surface area contributed by atoms with E-state index in [1.807, 2.05) is 61.6 Å². The Morgan fingerprint density at radius 1 is 0.854 bits per heavy atom. The van der Waals surface area contributed by atoms with E-state index in [2.05, 4.69) is 0 Å². The normalized spacial score (nSPS) is 30.8. The molecule has 1 N–H and O–H groups in total. The van der Waals surface area contributed by atoms with Gasteiger partial charge in [0, 0.05) is 42.6 Å². The summed E-state index contributed by atoms with van der Waals surface area (Å²) >= 11 is 6.12. The van der Waals surface area contributed by atoms with Gasteiger partial charge in [0.05, 0.1) is 17.4 Å². The highest BCUT2D eigenvalue weighted by atomic mass is 35.5. The molecule has 2 saturated heterocycles. The Kier molecular flexibility index (Phi) is 7.26. The van der Waals surface area contributed by atoms with Crippen LogP contribution in [0.3, 0.4) is 0 Å². The van der Waals surface area contributed by atoms with Crippen LogP contribution in [0.15, 0.2) is 78.9 Å². The first kappa shape index (κ1) is 27.7. The lowest BCUT2D eigenvalue weighted by Gasteiger charge is -2.38. The van der Waals surface area contributed by atoms with Crippen LogP contribution in [-0.4, -0.2) is 71.2 Å². The zero-order valence-corrected chi connectivity index (χ0v) is 23.7. The molecule has 0 aliphatic carbocycles. The summed E-state index contributed by atoms with van der Waals surface area (Å²) in [6, 6.07) is 15.5. The first-order chi connectivity index (χ1) is 19.9. The van der Waals surface area contributed by atoms with Crippen LogP contribution in [0.5, 0.6) is 0 Å². The highest BCUT2D eigenvalue weighted by molar-refractivity contribution is 6.30. The van der Waals surface area contributed by atoms with Crippen molar-refractivity contribution in [3.05, 3.63) is 83.9 Å². The van der Waals surface area contributed by atoms with Crippen LogP contribution in [0.1, 0.15) is 26.2 Å². The molecule has 8 nitrogen and oxygen atoms in total. The first-order valence-electron chi connectivity index (χ1n) is 14.3. The van der Waals surface area contributed by atoms with Crippen LogP contribution in [0, 0.1) is 11.8 Å². The van der Waals surface area contributed by atoms with Crippen molar-refractivity contribution in [2.75, 3.05) is 36.0 Å². The van der Waals surface area contributed by atoms with E-state index in [9.17, 15) is 19.5 Å². The summed E-state index contributed by atoms with van der Waals surface area (Å²) in [6.45, 7) is 2.87. The number of aliphatic hydroxyl groups excluding tert-OH is 1. The van der Waals surface area contributed by atoms with Gasteiger partial charge >= 0.3 is 0 Å². The minimum atomic E-state index is -1.32. The van der Waals surface area contributed by atoms with E-state index >= 15 is 0 Å². The molecule has 4 aliphatic heterocycles. The lowest BCUT2D eigenvalue weighted by atomic mass is 9.73. The second-order valence-corrected chi connectivity index (χ2v) is 11.5. The van der Waals surface area contributed by atoms with Crippen molar-refractivity contribution in [2.45, 2.75) is 43.4 Å². The monoisotopic (exact) mass is 575 g/mol. The van der Waals surface area contributed by atoms with Gasteiger partial charge in [-0.15, -0.1) is 0 Å². The molecule has 1 spiro atoms. The largest absolute Gasteiger partial charge is 0.396 e. The summed E-state index contributed by atoms with van der Waals surface area (Å²) in [4.78, 5) is 48.4. The number of aliphatic hydroxyl groups is 1. The lowest BCUT2D eigenvalue weighted by Crippen LogP contribution is -2.56. The predicted octanol–water partition coefficient (Wildman–Crippen LogP) is 3.98. The minimum Gasteiger partial charge on any atom is -0.396 e.